The molecule has 248 valence electrons. The lowest BCUT2D eigenvalue weighted by Crippen LogP contribution is -2.62. The molecule has 3 aliphatic heterocycles. The molecule has 0 radical (unpaired) electrons. The Bertz CT molecular complexity index is 1360. The monoisotopic (exact) mass is 638 g/mol. The number of Topliss-reactive ketones (excluding diaryl/α,β-unsaturated/α-hetero) is 1. The minimum absolute atomic E-state index is 0.00401. The van der Waals surface area contributed by atoms with Crippen molar-refractivity contribution in [3.63, 3.8) is 0 Å². The van der Waals surface area contributed by atoms with Gasteiger partial charge in [0.1, 0.15) is 83.5 Å². The Morgan fingerprint density at radius 2 is 1.42 bits per heavy atom. The molecular formula is C30H38O15. The Labute approximate surface area is 257 Å². The van der Waals surface area contributed by atoms with Gasteiger partial charge in [0.15, 0.2) is 12.1 Å². The van der Waals surface area contributed by atoms with E-state index in [1.165, 1.54) is 14.0 Å². The third-order valence-electron chi connectivity index (χ3n) is 8.41. The predicted molar refractivity (Wildman–Crippen MR) is 150 cm³/mol. The van der Waals surface area contributed by atoms with E-state index < -0.39 is 86.5 Å². The number of aliphatic hydroxyl groups excluding tert-OH is 7. The topological polar surface area (TPSA) is 234 Å². The summed E-state index contributed by atoms with van der Waals surface area (Å²) in [5.41, 5.74) is 1.12. The Kier molecular flexibility index (Phi) is 9.86. The average molecular weight is 639 g/mol. The van der Waals surface area contributed by atoms with Crippen LogP contribution in [0.2, 0.25) is 0 Å². The Balaban J connectivity index is 1.36. The second-order valence-corrected chi connectivity index (χ2v) is 11.3. The van der Waals surface area contributed by atoms with Gasteiger partial charge in [-0.15, -0.1) is 0 Å². The Morgan fingerprint density at radius 3 is 2.04 bits per heavy atom. The molecule has 2 saturated heterocycles. The van der Waals surface area contributed by atoms with Gasteiger partial charge in [-0.05, 0) is 31.5 Å². The van der Waals surface area contributed by atoms with Crippen LogP contribution in [0.1, 0.15) is 39.6 Å². The molecule has 0 spiro atoms. The molecule has 45 heavy (non-hydrogen) atoms. The second-order valence-electron chi connectivity index (χ2n) is 11.3. The summed E-state index contributed by atoms with van der Waals surface area (Å²) in [6.45, 7) is 1.84. The van der Waals surface area contributed by atoms with Gasteiger partial charge >= 0.3 is 0 Å². The molecule has 15 heteroatoms. The van der Waals surface area contributed by atoms with Crippen molar-refractivity contribution in [1.29, 1.82) is 0 Å². The lowest BCUT2D eigenvalue weighted by atomic mass is 9.91. The van der Waals surface area contributed by atoms with E-state index >= 15 is 0 Å². The van der Waals surface area contributed by atoms with Crippen LogP contribution in [-0.2, 0) is 14.2 Å². The molecule has 0 bridgehead atoms. The normalized spacial score (nSPS) is 35.0. The van der Waals surface area contributed by atoms with Gasteiger partial charge in [0, 0.05) is 11.1 Å². The number of methoxy groups -OCH3 is 1. The summed E-state index contributed by atoms with van der Waals surface area (Å²) in [5, 5.41) is 82.6. The maximum absolute atomic E-state index is 13.2. The third-order valence-corrected chi connectivity index (χ3v) is 8.41. The minimum atomic E-state index is -1.80. The van der Waals surface area contributed by atoms with Crippen molar-refractivity contribution >= 4 is 5.78 Å². The number of aliphatic hydroxyl groups is 7. The van der Waals surface area contributed by atoms with Crippen LogP contribution in [0.25, 0.3) is 0 Å². The number of carbonyl (C=O) groups excluding carboxylic acids is 1. The molecule has 15 nitrogen and oxygen atoms in total. The highest BCUT2D eigenvalue weighted by Gasteiger charge is 2.48. The lowest BCUT2D eigenvalue weighted by molar-refractivity contribution is -0.323. The number of carbonyl (C=O) groups is 1. The summed E-state index contributed by atoms with van der Waals surface area (Å²) < 4.78 is 33.8. The number of fused-ring (bicyclic) bond motifs is 1. The highest BCUT2D eigenvalue weighted by atomic mass is 16.7. The number of rotatable bonds is 8. The quantitative estimate of drug-likeness (QED) is 0.168. The van der Waals surface area contributed by atoms with Gasteiger partial charge in [0.25, 0.3) is 0 Å². The van der Waals surface area contributed by atoms with Crippen molar-refractivity contribution < 1.29 is 74.1 Å². The fraction of sp³-hybridized carbons (Fsp3) is 0.567. The average Bonchev–Trinajstić information content (AvgIpc) is 3.04. The van der Waals surface area contributed by atoms with Crippen molar-refractivity contribution in [1.82, 2.24) is 0 Å². The predicted octanol–water partition coefficient (Wildman–Crippen LogP) is -1.27. The summed E-state index contributed by atoms with van der Waals surface area (Å²) in [6.07, 6.45) is -16.8. The minimum Gasteiger partial charge on any atom is -0.507 e. The second kappa shape index (κ2) is 13.3. The van der Waals surface area contributed by atoms with Crippen LogP contribution < -0.4 is 14.2 Å². The summed E-state index contributed by atoms with van der Waals surface area (Å²) in [7, 11) is 1.53. The van der Waals surface area contributed by atoms with Gasteiger partial charge < -0.3 is 69.3 Å². The third kappa shape index (κ3) is 6.20. The fourth-order valence-corrected chi connectivity index (χ4v) is 5.68. The summed E-state index contributed by atoms with van der Waals surface area (Å²) in [4.78, 5) is 13.2. The van der Waals surface area contributed by atoms with E-state index in [-0.39, 0.29) is 34.8 Å². The van der Waals surface area contributed by atoms with Crippen LogP contribution >= 0.6 is 0 Å². The molecule has 3 aliphatic rings. The van der Waals surface area contributed by atoms with Crippen molar-refractivity contribution in [3.8, 4) is 23.0 Å². The van der Waals surface area contributed by atoms with Gasteiger partial charge in [-0.25, -0.2) is 0 Å². The van der Waals surface area contributed by atoms with E-state index in [4.69, 9.17) is 28.4 Å². The van der Waals surface area contributed by atoms with Crippen molar-refractivity contribution in [2.75, 3.05) is 20.3 Å². The molecule has 0 aromatic heterocycles. The fourth-order valence-electron chi connectivity index (χ4n) is 5.68. The number of phenols is 1. The van der Waals surface area contributed by atoms with E-state index in [0.29, 0.717) is 16.9 Å². The van der Waals surface area contributed by atoms with Crippen LogP contribution in [0.4, 0.5) is 0 Å². The molecule has 0 amide bonds. The molecule has 2 aromatic rings. The van der Waals surface area contributed by atoms with E-state index in [0.717, 1.165) is 0 Å². The molecular weight excluding hydrogens is 600 g/mol. The van der Waals surface area contributed by atoms with Gasteiger partial charge in [-0.2, -0.15) is 0 Å². The number of ketones is 1. The van der Waals surface area contributed by atoms with Gasteiger partial charge in [-0.1, -0.05) is 12.1 Å². The van der Waals surface area contributed by atoms with E-state index in [9.17, 15) is 45.6 Å². The summed E-state index contributed by atoms with van der Waals surface area (Å²) in [6, 6.07) is 6.97. The molecule has 0 saturated carbocycles. The molecule has 8 N–H and O–H groups in total. The number of phenolic OH excluding ortho intramolecular Hbond substituents is 1. The maximum Gasteiger partial charge on any atom is 0.229 e. The number of hydrogen-bond acceptors (Lipinski definition) is 15. The number of aromatic hydroxyl groups is 1. The SMILES string of the molecule is COc1ccc([C@@H]2CC(=O)c3c(O)c(C)c(O[C@H]4O[C@@H](CO[C@@H]5O[C@@H](CO)[C@H](O)[C@@H](O)[C@H]5O)[C@@H](O)[C@H](O)[C@H]4O)c(C)c3O2)cc1. The van der Waals surface area contributed by atoms with Crippen LogP contribution in [0, 0.1) is 13.8 Å². The summed E-state index contributed by atoms with van der Waals surface area (Å²) >= 11 is 0. The molecule has 0 unspecified atom stereocenters. The number of benzene rings is 2. The molecule has 2 fully saturated rings. The van der Waals surface area contributed by atoms with E-state index in [1.54, 1.807) is 31.2 Å². The smallest absolute Gasteiger partial charge is 0.229 e. The lowest BCUT2D eigenvalue weighted by Gasteiger charge is -2.42. The zero-order valence-electron chi connectivity index (χ0n) is 24.7. The number of ether oxygens (including phenoxy) is 6. The summed E-state index contributed by atoms with van der Waals surface area (Å²) in [5.74, 6) is -0.0618. The first kappa shape index (κ1) is 33.3. The number of hydrogen-bond donors (Lipinski definition) is 8. The first-order valence-corrected chi connectivity index (χ1v) is 14.4. The highest BCUT2D eigenvalue weighted by Crippen LogP contribution is 2.48. The Hall–Kier alpha value is -3.09. The molecule has 11 atom stereocenters. The maximum atomic E-state index is 13.2. The van der Waals surface area contributed by atoms with Gasteiger partial charge in [-0.3, -0.25) is 4.79 Å². The van der Waals surface area contributed by atoms with Crippen molar-refractivity contribution in [3.05, 3.63) is 46.5 Å². The zero-order chi connectivity index (χ0) is 32.7. The highest BCUT2D eigenvalue weighted by molar-refractivity contribution is 6.03. The van der Waals surface area contributed by atoms with Crippen LogP contribution in [0.15, 0.2) is 24.3 Å². The molecule has 0 aliphatic carbocycles. The van der Waals surface area contributed by atoms with Crippen LogP contribution in [0.5, 0.6) is 23.0 Å². The molecule has 5 rings (SSSR count). The van der Waals surface area contributed by atoms with E-state index in [1.807, 2.05) is 0 Å². The van der Waals surface area contributed by atoms with Gasteiger partial charge in [0.2, 0.25) is 6.29 Å². The Morgan fingerprint density at radius 1 is 0.822 bits per heavy atom. The largest absolute Gasteiger partial charge is 0.507 e. The first-order valence-electron chi connectivity index (χ1n) is 14.4. The molecule has 3 heterocycles. The van der Waals surface area contributed by atoms with E-state index in [2.05, 4.69) is 0 Å². The van der Waals surface area contributed by atoms with Crippen LogP contribution in [-0.4, -0.2) is 128 Å². The standard InChI is InChI=1S/C30H38O15/c1-11-20(33)19-15(32)8-16(13-4-6-14(40-3)7-5-13)42-28(19)12(2)27(11)45-30-26(39)24(37)22(35)18(44-30)10-41-29-25(38)23(36)21(34)17(9-31)43-29/h4-7,16-18,21-26,29-31,33-39H,8-10H2,1-3H3/t16-,17-,18-,21-,22+,23+,24-,25+,26+,29+,30+/m0/s1. The van der Waals surface area contributed by atoms with Crippen molar-refractivity contribution in [2.24, 2.45) is 0 Å². The zero-order valence-corrected chi connectivity index (χ0v) is 24.7. The van der Waals surface area contributed by atoms with Gasteiger partial charge in [0.05, 0.1) is 26.7 Å². The van der Waals surface area contributed by atoms with Crippen molar-refractivity contribution in [2.45, 2.75) is 87.8 Å². The molecule has 2 aromatic carbocycles. The van der Waals surface area contributed by atoms with Crippen LogP contribution in [0.3, 0.4) is 0 Å². The first-order chi connectivity index (χ1) is 21.4.